The van der Waals surface area contributed by atoms with Gasteiger partial charge >= 0.3 is 0 Å². The number of nitrogens with zero attached hydrogens (tertiary/aromatic N) is 1. The maximum absolute atomic E-state index is 11.9. The molecule has 1 saturated carbocycles. The number of H-pyrrole nitrogens is 1. The SMILES string of the molecule is O=C(NCc1ccccc1)c1cc(C2CC2)[nH]n1. The van der Waals surface area contributed by atoms with Crippen LogP contribution in [0.1, 0.15) is 40.5 Å². The molecule has 0 unspecified atom stereocenters. The van der Waals surface area contributed by atoms with Crippen LogP contribution in [0.4, 0.5) is 0 Å². The molecule has 0 aliphatic heterocycles. The molecule has 0 radical (unpaired) electrons. The lowest BCUT2D eigenvalue weighted by Gasteiger charge is -2.02. The summed E-state index contributed by atoms with van der Waals surface area (Å²) in [6.07, 6.45) is 2.40. The minimum absolute atomic E-state index is 0.123. The van der Waals surface area contributed by atoms with Crippen molar-refractivity contribution in [3.63, 3.8) is 0 Å². The summed E-state index contributed by atoms with van der Waals surface area (Å²) < 4.78 is 0. The van der Waals surface area contributed by atoms with E-state index in [9.17, 15) is 4.79 Å². The molecular formula is C14H15N3O. The number of hydrogen-bond acceptors (Lipinski definition) is 2. The number of nitrogens with one attached hydrogen (secondary N) is 2. The summed E-state index contributed by atoms with van der Waals surface area (Å²) >= 11 is 0. The third-order valence-corrected chi connectivity index (χ3v) is 3.14. The minimum atomic E-state index is -0.123. The molecular weight excluding hydrogens is 226 g/mol. The number of aromatic nitrogens is 2. The Kier molecular flexibility index (Phi) is 2.84. The van der Waals surface area contributed by atoms with Crippen molar-refractivity contribution in [2.75, 3.05) is 0 Å². The molecule has 1 aromatic heterocycles. The lowest BCUT2D eigenvalue weighted by molar-refractivity contribution is 0.0946. The first-order valence-corrected chi connectivity index (χ1v) is 6.20. The molecule has 0 bridgehead atoms. The number of carbonyl (C=O) groups is 1. The maximum Gasteiger partial charge on any atom is 0.272 e. The molecule has 1 amide bonds. The molecule has 1 aromatic carbocycles. The average molecular weight is 241 g/mol. The van der Waals surface area contributed by atoms with Crippen molar-refractivity contribution in [2.45, 2.75) is 25.3 Å². The zero-order valence-corrected chi connectivity index (χ0v) is 10.0. The monoisotopic (exact) mass is 241 g/mol. The van der Waals surface area contributed by atoms with Gasteiger partial charge in [-0.1, -0.05) is 30.3 Å². The Morgan fingerprint density at radius 3 is 2.83 bits per heavy atom. The largest absolute Gasteiger partial charge is 0.347 e. The van der Waals surface area contributed by atoms with Gasteiger partial charge in [0.1, 0.15) is 5.69 Å². The van der Waals surface area contributed by atoms with Crippen LogP contribution in [0.5, 0.6) is 0 Å². The van der Waals surface area contributed by atoms with E-state index in [-0.39, 0.29) is 5.91 Å². The van der Waals surface area contributed by atoms with E-state index in [4.69, 9.17) is 0 Å². The molecule has 0 atom stereocenters. The first-order chi connectivity index (χ1) is 8.83. The van der Waals surface area contributed by atoms with Crippen LogP contribution in [0.2, 0.25) is 0 Å². The Labute approximate surface area is 105 Å². The molecule has 1 heterocycles. The number of benzene rings is 1. The second-order valence-electron chi connectivity index (χ2n) is 4.65. The Morgan fingerprint density at radius 2 is 2.11 bits per heavy atom. The Morgan fingerprint density at radius 1 is 1.33 bits per heavy atom. The first kappa shape index (κ1) is 11.0. The molecule has 2 N–H and O–H groups in total. The van der Waals surface area contributed by atoms with Crippen molar-refractivity contribution in [3.8, 4) is 0 Å². The summed E-state index contributed by atoms with van der Waals surface area (Å²) in [6.45, 7) is 0.533. The second-order valence-corrected chi connectivity index (χ2v) is 4.65. The Balaban J connectivity index is 1.60. The molecule has 18 heavy (non-hydrogen) atoms. The summed E-state index contributed by atoms with van der Waals surface area (Å²) in [4.78, 5) is 11.9. The fourth-order valence-electron chi connectivity index (χ4n) is 1.93. The van der Waals surface area contributed by atoms with Gasteiger partial charge in [-0.05, 0) is 24.5 Å². The van der Waals surface area contributed by atoms with Gasteiger partial charge in [-0.15, -0.1) is 0 Å². The highest BCUT2D eigenvalue weighted by atomic mass is 16.1. The van der Waals surface area contributed by atoms with Gasteiger partial charge in [-0.3, -0.25) is 9.89 Å². The number of hydrogen-bond donors (Lipinski definition) is 2. The van der Waals surface area contributed by atoms with E-state index in [1.54, 1.807) is 0 Å². The molecule has 0 saturated heterocycles. The van der Waals surface area contributed by atoms with Crippen LogP contribution in [0.3, 0.4) is 0 Å². The van der Waals surface area contributed by atoms with Gasteiger partial charge in [0, 0.05) is 18.2 Å². The quantitative estimate of drug-likeness (QED) is 0.862. The molecule has 3 rings (SSSR count). The van der Waals surface area contributed by atoms with Crippen molar-refractivity contribution in [2.24, 2.45) is 0 Å². The third-order valence-electron chi connectivity index (χ3n) is 3.14. The van der Waals surface area contributed by atoms with Gasteiger partial charge in [0.15, 0.2) is 0 Å². The van der Waals surface area contributed by atoms with Gasteiger partial charge in [0.2, 0.25) is 0 Å². The van der Waals surface area contributed by atoms with Gasteiger partial charge in [-0.25, -0.2) is 0 Å². The Hall–Kier alpha value is -2.10. The highest BCUT2D eigenvalue weighted by Crippen LogP contribution is 2.38. The summed E-state index contributed by atoms with van der Waals surface area (Å²) in [5.74, 6) is 0.468. The third kappa shape index (κ3) is 2.42. The zero-order chi connectivity index (χ0) is 12.4. The van der Waals surface area contributed by atoms with Crippen LogP contribution in [-0.2, 0) is 6.54 Å². The molecule has 92 valence electrons. The molecule has 1 fully saturated rings. The van der Waals surface area contributed by atoms with E-state index >= 15 is 0 Å². The average Bonchev–Trinajstić information content (AvgIpc) is 3.15. The number of rotatable bonds is 4. The van der Waals surface area contributed by atoms with Crippen molar-refractivity contribution in [1.29, 1.82) is 0 Å². The first-order valence-electron chi connectivity index (χ1n) is 6.20. The Bertz CT molecular complexity index is 543. The topological polar surface area (TPSA) is 57.8 Å². The van der Waals surface area contributed by atoms with Crippen LogP contribution < -0.4 is 5.32 Å². The second kappa shape index (κ2) is 4.64. The number of carbonyl (C=O) groups excluding carboxylic acids is 1. The van der Waals surface area contributed by atoms with Gasteiger partial charge < -0.3 is 5.32 Å². The predicted molar refractivity (Wildman–Crippen MR) is 68.2 cm³/mol. The fraction of sp³-hybridized carbons (Fsp3) is 0.286. The molecule has 0 spiro atoms. The van der Waals surface area contributed by atoms with Crippen LogP contribution >= 0.6 is 0 Å². The molecule has 4 heteroatoms. The van der Waals surface area contributed by atoms with E-state index in [1.807, 2.05) is 36.4 Å². The van der Waals surface area contributed by atoms with E-state index in [0.717, 1.165) is 11.3 Å². The van der Waals surface area contributed by atoms with Crippen molar-refractivity contribution < 1.29 is 4.79 Å². The van der Waals surface area contributed by atoms with E-state index in [0.29, 0.717) is 18.2 Å². The molecule has 1 aliphatic carbocycles. The van der Waals surface area contributed by atoms with Crippen LogP contribution in [0.25, 0.3) is 0 Å². The lowest BCUT2D eigenvalue weighted by Crippen LogP contribution is -2.23. The zero-order valence-electron chi connectivity index (χ0n) is 10.0. The lowest BCUT2D eigenvalue weighted by atomic mass is 10.2. The molecule has 2 aromatic rings. The normalized spacial score (nSPS) is 14.4. The van der Waals surface area contributed by atoms with E-state index < -0.39 is 0 Å². The highest BCUT2D eigenvalue weighted by molar-refractivity contribution is 5.92. The van der Waals surface area contributed by atoms with Gasteiger partial charge in [0.25, 0.3) is 5.91 Å². The smallest absolute Gasteiger partial charge is 0.272 e. The van der Waals surface area contributed by atoms with Crippen LogP contribution in [0.15, 0.2) is 36.4 Å². The van der Waals surface area contributed by atoms with E-state index in [2.05, 4.69) is 15.5 Å². The minimum Gasteiger partial charge on any atom is -0.347 e. The summed E-state index contributed by atoms with van der Waals surface area (Å²) in [7, 11) is 0. The fourth-order valence-corrected chi connectivity index (χ4v) is 1.93. The van der Waals surface area contributed by atoms with Crippen molar-refractivity contribution >= 4 is 5.91 Å². The standard InChI is InChI=1S/C14H15N3O/c18-14(15-9-10-4-2-1-3-5-10)13-8-12(16-17-13)11-6-7-11/h1-5,8,11H,6-7,9H2,(H,15,18)(H,16,17). The van der Waals surface area contributed by atoms with E-state index in [1.165, 1.54) is 12.8 Å². The van der Waals surface area contributed by atoms with Crippen molar-refractivity contribution in [1.82, 2.24) is 15.5 Å². The van der Waals surface area contributed by atoms with Gasteiger partial charge in [-0.2, -0.15) is 5.10 Å². The molecule has 1 aliphatic rings. The number of amides is 1. The van der Waals surface area contributed by atoms with Crippen LogP contribution in [-0.4, -0.2) is 16.1 Å². The number of aromatic amines is 1. The highest BCUT2D eigenvalue weighted by Gasteiger charge is 2.26. The van der Waals surface area contributed by atoms with Gasteiger partial charge in [0.05, 0.1) is 0 Å². The summed E-state index contributed by atoms with van der Waals surface area (Å²) in [5, 5.41) is 9.86. The molecule has 4 nitrogen and oxygen atoms in total. The summed E-state index contributed by atoms with van der Waals surface area (Å²) in [6, 6.07) is 11.7. The summed E-state index contributed by atoms with van der Waals surface area (Å²) in [5.41, 5.74) is 2.65. The maximum atomic E-state index is 11.9. The van der Waals surface area contributed by atoms with Crippen molar-refractivity contribution in [3.05, 3.63) is 53.3 Å². The predicted octanol–water partition coefficient (Wildman–Crippen LogP) is 2.22. The van der Waals surface area contributed by atoms with Crippen LogP contribution in [0, 0.1) is 0 Å².